The van der Waals surface area contributed by atoms with Gasteiger partial charge in [-0.3, -0.25) is 0 Å². The Kier molecular flexibility index (Phi) is 3.45. The fourth-order valence-electron chi connectivity index (χ4n) is 4.49. The average Bonchev–Trinajstić information content (AvgIpc) is 2.66. The van der Waals surface area contributed by atoms with Crippen molar-refractivity contribution in [3.63, 3.8) is 0 Å². The van der Waals surface area contributed by atoms with E-state index in [2.05, 4.69) is 92.8 Å². The van der Waals surface area contributed by atoms with Crippen molar-refractivity contribution in [3.8, 4) is 16.9 Å². The van der Waals surface area contributed by atoms with Gasteiger partial charge >= 0.3 is 0 Å². The quantitative estimate of drug-likeness (QED) is 0.543. The van der Waals surface area contributed by atoms with E-state index in [0.717, 1.165) is 5.75 Å². The van der Waals surface area contributed by atoms with Crippen molar-refractivity contribution in [3.05, 3.63) is 89.5 Å². The number of hydrogen-bond acceptors (Lipinski definition) is 2. The normalized spacial score (nSPS) is 18.9. The highest BCUT2D eigenvalue weighted by Gasteiger charge is 2.34. The number of nitrogens with one attached hydrogen (secondary N) is 1. The molecule has 3 aromatic rings. The van der Waals surface area contributed by atoms with Crippen LogP contribution >= 0.6 is 0 Å². The Hall–Kier alpha value is -3.00. The van der Waals surface area contributed by atoms with Gasteiger partial charge in [0.1, 0.15) is 5.75 Å². The van der Waals surface area contributed by atoms with Gasteiger partial charge in [-0.15, -0.1) is 0 Å². The van der Waals surface area contributed by atoms with Crippen LogP contribution in [0.4, 0.5) is 5.69 Å². The minimum Gasteiger partial charge on any atom is -0.480 e. The highest BCUT2D eigenvalue weighted by Crippen LogP contribution is 2.50. The van der Waals surface area contributed by atoms with Crippen LogP contribution in [0.1, 0.15) is 43.6 Å². The third-order valence-corrected chi connectivity index (χ3v) is 5.46. The molecule has 2 heterocycles. The zero-order valence-corrected chi connectivity index (χ0v) is 15.9. The fourth-order valence-corrected chi connectivity index (χ4v) is 4.49. The Morgan fingerprint density at radius 1 is 0.852 bits per heavy atom. The number of ether oxygens (including phenoxy) is 1. The van der Waals surface area contributed by atoms with Crippen molar-refractivity contribution in [1.29, 1.82) is 0 Å². The Labute approximate surface area is 160 Å². The summed E-state index contributed by atoms with van der Waals surface area (Å²) in [4.78, 5) is 0. The lowest BCUT2D eigenvalue weighted by atomic mass is 9.80. The summed E-state index contributed by atoms with van der Waals surface area (Å²) in [5.74, 6) is 0.949. The standard InChI is InChI=1S/C25H23NO/c1-16-15-25(2,3)26-20-14-13-19-18-11-7-8-12-21(18)27-24(23(19)22(16)20)17-9-5-4-6-10-17/h4-15,24,26H,1-3H3/t24-/m1/s1. The van der Waals surface area contributed by atoms with E-state index in [4.69, 9.17) is 4.74 Å². The first kappa shape index (κ1) is 16.2. The van der Waals surface area contributed by atoms with E-state index in [0.29, 0.717) is 0 Å². The molecule has 0 aromatic heterocycles. The van der Waals surface area contributed by atoms with Gasteiger partial charge in [-0.25, -0.2) is 0 Å². The summed E-state index contributed by atoms with van der Waals surface area (Å²) in [6.45, 7) is 6.63. The number of hydrogen-bond donors (Lipinski definition) is 1. The maximum Gasteiger partial charge on any atom is 0.150 e. The summed E-state index contributed by atoms with van der Waals surface area (Å²) >= 11 is 0. The van der Waals surface area contributed by atoms with Gasteiger partial charge < -0.3 is 10.1 Å². The van der Waals surface area contributed by atoms with Crippen molar-refractivity contribution < 1.29 is 4.74 Å². The van der Waals surface area contributed by atoms with Gasteiger partial charge in [0.2, 0.25) is 0 Å². The molecule has 0 spiro atoms. The van der Waals surface area contributed by atoms with Crippen molar-refractivity contribution in [2.24, 2.45) is 0 Å². The Bertz CT molecular complexity index is 1060. The number of rotatable bonds is 1. The van der Waals surface area contributed by atoms with Crippen molar-refractivity contribution in [1.82, 2.24) is 0 Å². The van der Waals surface area contributed by atoms with Crippen LogP contribution in [0, 0.1) is 0 Å². The van der Waals surface area contributed by atoms with Crippen molar-refractivity contribution in [2.75, 3.05) is 5.32 Å². The zero-order chi connectivity index (χ0) is 18.6. The van der Waals surface area contributed by atoms with Gasteiger partial charge in [0.25, 0.3) is 0 Å². The predicted octanol–water partition coefficient (Wildman–Crippen LogP) is 6.44. The lowest BCUT2D eigenvalue weighted by molar-refractivity contribution is 0.243. The molecule has 27 heavy (non-hydrogen) atoms. The van der Waals surface area contributed by atoms with E-state index in [9.17, 15) is 0 Å². The second kappa shape index (κ2) is 5.75. The molecule has 0 saturated heterocycles. The van der Waals surface area contributed by atoms with Crippen LogP contribution < -0.4 is 10.1 Å². The monoisotopic (exact) mass is 353 g/mol. The van der Waals surface area contributed by atoms with Crippen LogP contribution in [0.3, 0.4) is 0 Å². The fraction of sp³-hybridized carbons (Fsp3) is 0.200. The maximum atomic E-state index is 6.56. The summed E-state index contributed by atoms with van der Waals surface area (Å²) in [5, 5.41) is 3.68. The molecule has 0 unspecified atom stereocenters. The van der Waals surface area contributed by atoms with Gasteiger partial charge in [0.05, 0.1) is 5.54 Å². The smallest absolute Gasteiger partial charge is 0.150 e. The molecule has 2 nitrogen and oxygen atoms in total. The first-order chi connectivity index (χ1) is 13.0. The first-order valence-electron chi connectivity index (χ1n) is 9.49. The van der Waals surface area contributed by atoms with E-state index in [1.54, 1.807) is 0 Å². The second-order valence-electron chi connectivity index (χ2n) is 8.03. The summed E-state index contributed by atoms with van der Waals surface area (Å²) in [6.07, 6.45) is 2.20. The second-order valence-corrected chi connectivity index (χ2v) is 8.03. The Morgan fingerprint density at radius 2 is 1.59 bits per heavy atom. The van der Waals surface area contributed by atoms with Crippen LogP contribution in [-0.2, 0) is 0 Å². The third-order valence-electron chi connectivity index (χ3n) is 5.46. The van der Waals surface area contributed by atoms with E-state index < -0.39 is 0 Å². The lowest BCUT2D eigenvalue weighted by Gasteiger charge is -2.37. The SMILES string of the molecule is CC1=CC(C)(C)Nc2ccc3c(c21)[C@@H](c1ccccc1)Oc1ccccc1-3. The summed E-state index contributed by atoms with van der Waals surface area (Å²) in [5.41, 5.74) is 8.57. The largest absolute Gasteiger partial charge is 0.480 e. The number of fused-ring (bicyclic) bond motifs is 5. The molecule has 0 bridgehead atoms. The number of benzene rings is 3. The van der Waals surface area contributed by atoms with Gasteiger partial charge in [-0.1, -0.05) is 60.7 Å². The maximum absolute atomic E-state index is 6.56. The van der Waals surface area contributed by atoms with Gasteiger partial charge in [0.15, 0.2) is 6.10 Å². The summed E-state index contributed by atoms with van der Waals surface area (Å²) in [6, 6.07) is 23.3. The number of allylic oxidation sites excluding steroid dienone is 1. The van der Waals surface area contributed by atoms with Crippen LogP contribution in [-0.4, -0.2) is 5.54 Å². The van der Waals surface area contributed by atoms with Crippen molar-refractivity contribution >= 4 is 11.3 Å². The zero-order valence-electron chi connectivity index (χ0n) is 15.9. The molecule has 2 aliphatic heterocycles. The van der Waals surface area contributed by atoms with Crippen LogP contribution in [0.5, 0.6) is 5.75 Å². The Balaban J connectivity index is 1.82. The predicted molar refractivity (Wildman–Crippen MR) is 112 cm³/mol. The molecular formula is C25H23NO. The van der Waals surface area contributed by atoms with Crippen LogP contribution in [0.25, 0.3) is 16.7 Å². The molecule has 1 atom stereocenters. The molecule has 0 aliphatic carbocycles. The van der Waals surface area contributed by atoms with E-state index in [1.165, 1.54) is 39.1 Å². The highest BCUT2D eigenvalue weighted by atomic mass is 16.5. The molecule has 1 N–H and O–H groups in total. The van der Waals surface area contributed by atoms with Gasteiger partial charge in [-0.05, 0) is 49.6 Å². The van der Waals surface area contributed by atoms with E-state index in [1.807, 2.05) is 6.07 Å². The summed E-state index contributed by atoms with van der Waals surface area (Å²) < 4.78 is 6.56. The minimum absolute atomic E-state index is 0.0546. The molecule has 134 valence electrons. The van der Waals surface area contributed by atoms with Gasteiger partial charge in [-0.2, -0.15) is 0 Å². The van der Waals surface area contributed by atoms with E-state index in [-0.39, 0.29) is 11.6 Å². The highest BCUT2D eigenvalue weighted by molar-refractivity contribution is 5.90. The lowest BCUT2D eigenvalue weighted by Crippen LogP contribution is -2.32. The molecular weight excluding hydrogens is 330 g/mol. The molecule has 5 rings (SSSR count). The van der Waals surface area contributed by atoms with E-state index >= 15 is 0 Å². The van der Waals surface area contributed by atoms with Crippen LogP contribution in [0.15, 0.2) is 72.8 Å². The van der Waals surface area contributed by atoms with Crippen molar-refractivity contribution in [2.45, 2.75) is 32.4 Å². The molecule has 0 radical (unpaired) electrons. The Morgan fingerprint density at radius 3 is 2.41 bits per heavy atom. The third kappa shape index (κ3) is 2.56. The minimum atomic E-state index is -0.114. The summed E-state index contributed by atoms with van der Waals surface area (Å²) in [7, 11) is 0. The molecule has 0 saturated carbocycles. The molecule has 2 heteroatoms. The van der Waals surface area contributed by atoms with Crippen LogP contribution in [0.2, 0.25) is 0 Å². The first-order valence-corrected chi connectivity index (χ1v) is 9.49. The molecule has 0 amide bonds. The molecule has 0 fully saturated rings. The number of anilines is 1. The molecule has 2 aliphatic rings. The number of para-hydroxylation sites is 1. The topological polar surface area (TPSA) is 21.3 Å². The average molecular weight is 353 g/mol. The van der Waals surface area contributed by atoms with Gasteiger partial charge in [0, 0.05) is 22.4 Å². The molecule has 3 aromatic carbocycles.